The van der Waals surface area contributed by atoms with Crippen LogP contribution in [0.5, 0.6) is 0 Å². The molecule has 0 unspecified atom stereocenters. The molecular weight excluding hydrogens is 322 g/mol. The molecule has 3 aromatic rings. The van der Waals surface area contributed by atoms with Crippen molar-refractivity contribution in [2.75, 3.05) is 5.73 Å². The highest BCUT2D eigenvalue weighted by molar-refractivity contribution is 9.10. The fourth-order valence-corrected chi connectivity index (χ4v) is 2.27. The van der Waals surface area contributed by atoms with Crippen molar-refractivity contribution in [3.05, 3.63) is 40.8 Å². The van der Waals surface area contributed by atoms with Gasteiger partial charge in [0.15, 0.2) is 0 Å². The summed E-state index contributed by atoms with van der Waals surface area (Å²) in [6.07, 6.45) is 1.66. The Labute approximate surface area is 123 Å². The van der Waals surface area contributed by atoms with Crippen molar-refractivity contribution in [3.63, 3.8) is 0 Å². The molecule has 2 N–H and O–H groups in total. The van der Waals surface area contributed by atoms with Crippen LogP contribution in [0.1, 0.15) is 5.82 Å². The van der Waals surface area contributed by atoms with Crippen molar-refractivity contribution in [3.8, 4) is 23.0 Å². The summed E-state index contributed by atoms with van der Waals surface area (Å²) >= 11 is 3.38. The minimum atomic E-state index is 0.393. The molecule has 20 heavy (non-hydrogen) atoms. The van der Waals surface area contributed by atoms with E-state index in [0.717, 1.165) is 10.0 Å². The van der Waals surface area contributed by atoms with Crippen molar-refractivity contribution < 1.29 is 4.52 Å². The van der Waals surface area contributed by atoms with Crippen LogP contribution in [0.3, 0.4) is 0 Å². The van der Waals surface area contributed by atoms with Gasteiger partial charge in [-0.3, -0.25) is 0 Å². The molecule has 1 aromatic carbocycles. The Morgan fingerprint density at radius 2 is 2.05 bits per heavy atom. The average molecular weight is 332 g/mol. The molecule has 2 heterocycles. The van der Waals surface area contributed by atoms with Gasteiger partial charge in [-0.25, -0.2) is 9.97 Å². The summed E-state index contributed by atoms with van der Waals surface area (Å²) in [5, 5.41) is 3.93. The minimum Gasteiger partial charge on any atom is -0.399 e. The van der Waals surface area contributed by atoms with Gasteiger partial charge in [-0.2, -0.15) is 4.98 Å². The number of nitrogen functional groups attached to an aromatic ring is 1. The van der Waals surface area contributed by atoms with Gasteiger partial charge in [-0.1, -0.05) is 21.1 Å². The lowest BCUT2D eigenvalue weighted by atomic mass is 10.2. The predicted molar refractivity (Wildman–Crippen MR) is 77.6 cm³/mol. The molecule has 0 bridgehead atoms. The highest BCUT2D eigenvalue weighted by Crippen LogP contribution is 2.26. The highest BCUT2D eigenvalue weighted by Gasteiger charge is 2.12. The molecule has 0 saturated heterocycles. The maximum atomic E-state index is 5.79. The number of aromatic nitrogens is 4. The molecule has 7 heteroatoms. The number of benzene rings is 1. The molecule has 3 rings (SSSR count). The van der Waals surface area contributed by atoms with Crippen molar-refractivity contribution in [1.29, 1.82) is 0 Å². The normalized spacial score (nSPS) is 10.7. The van der Waals surface area contributed by atoms with Crippen LogP contribution in [0.4, 0.5) is 5.69 Å². The molecule has 0 aliphatic carbocycles. The molecular formula is C13H10BrN5O. The van der Waals surface area contributed by atoms with Crippen LogP contribution < -0.4 is 5.73 Å². The summed E-state index contributed by atoms with van der Waals surface area (Å²) < 4.78 is 6.11. The van der Waals surface area contributed by atoms with Crippen molar-refractivity contribution >= 4 is 21.6 Å². The third kappa shape index (κ3) is 2.53. The third-order valence-electron chi connectivity index (χ3n) is 2.60. The molecule has 0 fully saturated rings. The monoisotopic (exact) mass is 331 g/mol. The summed E-state index contributed by atoms with van der Waals surface area (Å²) in [6, 6.07) is 7.16. The molecule has 0 aliphatic rings. The van der Waals surface area contributed by atoms with Crippen molar-refractivity contribution in [2.24, 2.45) is 0 Å². The van der Waals surface area contributed by atoms with E-state index in [1.54, 1.807) is 31.3 Å². The number of anilines is 1. The Morgan fingerprint density at radius 3 is 2.80 bits per heavy atom. The Hall–Kier alpha value is -2.28. The minimum absolute atomic E-state index is 0.393. The van der Waals surface area contributed by atoms with E-state index in [-0.39, 0.29) is 0 Å². The fraction of sp³-hybridized carbons (Fsp3) is 0.0769. The molecule has 0 saturated carbocycles. The van der Waals surface area contributed by atoms with Crippen LogP contribution in [-0.2, 0) is 0 Å². The second kappa shape index (κ2) is 5.01. The summed E-state index contributed by atoms with van der Waals surface area (Å²) in [5.74, 6) is 1.47. The molecule has 0 amide bonds. The first-order valence-electron chi connectivity index (χ1n) is 5.82. The largest absolute Gasteiger partial charge is 0.399 e. The average Bonchev–Trinajstić information content (AvgIpc) is 2.87. The van der Waals surface area contributed by atoms with Crippen LogP contribution in [0.15, 0.2) is 39.5 Å². The van der Waals surface area contributed by atoms with Crippen LogP contribution >= 0.6 is 15.9 Å². The second-order valence-corrected chi connectivity index (χ2v) is 5.10. The fourth-order valence-electron chi connectivity index (χ4n) is 1.76. The number of nitrogens with two attached hydrogens (primary N) is 1. The van der Waals surface area contributed by atoms with E-state index in [2.05, 4.69) is 36.0 Å². The van der Waals surface area contributed by atoms with Gasteiger partial charge < -0.3 is 10.3 Å². The van der Waals surface area contributed by atoms with Gasteiger partial charge >= 0.3 is 0 Å². The molecule has 100 valence electrons. The third-order valence-corrected chi connectivity index (χ3v) is 3.06. The maximum absolute atomic E-state index is 5.79. The van der Waals surface area contributed by atoms with Gasteiger partial charge in [0, 0.05) is 21.9 Å². The number of hydrogen-bond donors (Lipinski definition) is 1. The molecule has 2 aromatic heterocycles. The quantitative estimate of drug-likeness (QED) is 0.726. The van der Waals surface area contributed by atoms with Gasteiger partial charge in [-0.05, 0) is 31.2 Å². The lowest BCUT2D eigenvalue weighted by Crippen LogP contribution is -1.91. The molecule has 0 atom stereocenters. The second-order valence-electron chi connectivity index (χ2n) is 4.19. The van der Waals surface area contributed by atoms with Crippen LogP contribution in [0.25, 0.3) is 23.0 Å². The SMILES string of the molecule is Cc1nccc(-c2noc(-c3cc(N)cc(Br)c3)n2)n1. The van der Waals surface area contributed by atoms with Crippen molar-refractivity contribution in [1.82, 2.24) is 20.1 Å². The van der Waals surface area contributed by atoms with Crippen molar-refractivity contribution in [2.45, 2.75) is 6.92 Å². The van der Waals surface area contributed by atoms with E-state index in [1.807, 2.05) is 6.07 Å². The van der Waals surface area contributed by atoms with E-state index in [0.29, 0.717) is 28.9 Å². The van der Waals surface area contributed by atoms with E-state index >= 15 is 0 Å². The van der Waals surface area contributed by atoms with E-state index < -0.39 is 0 Å². The summed E-state index contributed by atoms with van der Waals surface area (Å²) in [4.78, 5) is 12.6. The zero-order valence-corrected chi connectivity index (χ0v) is 12.1. The van der Waals surface area contributed by atoms with E-state index in [4.69, 9.17) is 10.3 Å². The first-order valence-corrected chi connectivity index (χ1v) is 6.61. The number of halogens is 1. The van der Waals surface area contributed by atoms with Crippen LogP contribution in [0, 0.1) is 6.92 Å². The van der Waals surface area contributed by atoms with Gasteiger partial charge in [0.05, 0.1) is 0 Å². The number of nitrogens with zero attached hydrogens (tertiary/aromatic N) is 4. The van der Waals surface area contributed by atoms with E-state index in [9.17, 15) is 0 Å². The zero-order chi connectivity index (χ0) is 14.1. The Kier molecular flexibility index (Phi) is 3.19. The number of hydrogen-bond acceptors (Lipinski definition) is 6. The molecule has 0 radical (unpaired) electrons. The van der Waals surface area contributed by atoms with Crippen LogP contribution in [-0.4, -0.2) is 20.1 Å². The number of rotatable bonds is 2. The van der Waals surface area contributed by atoms with Gasteiger partial charge in [0.2, 0.25) is 5.82 Å². The molecule has 6 nitrogen and oxygen atoms in total. The summed E-state index contributed by atoms with van der Waals surface area (Å²) in [6.45, 7) is 1.81. The maximum Gasteiger partial charge on any atom is 0.258 e. The van der Waals surface area contributed by atoms with Crippen LogP contribution in [0.2, 0.25) is 0 Å². The lowest BCUT2D eigenvalue weighted by Gasteiger charge is -1.98. The van der Waals surface area contributed by atoms with Gasteiger partial charge in [0.25, 0.3) is 5.89 Å². The van der Waals surface area contributed by atoms with Gasteiger partial charge in [0.1, 0.15) is 11.5 Å². The Bertz CT molecular complexity index is 751. The molecule has 0 spiro atoms. The Morgan fingerprint density at radius 1 is 1.20 bits per heavy atom. The number of aryl methyl sites for hydroxylation is 1. The zero-order valence-electron chi connectivity index (χ0n) is 10.5. The summed E-state index contributed by atoms with van der Waals surface area (Å²) in [5.41, 5.74) is 7.78. The predicted octanol–water partition coefficient (Wildman–Crippen LogP) is 2.85. The molecule has 0 aliphatic heterocycles. The first-order chi connectivity index (χ1) is 9.61. The van der Waals surface area contributed by atoms with E-state index in [1.165, 1.54) is 0 Å². The highest BCUT2D eigenvalue weighted by atomic mass is 79.9. The smallest absolute Gasteiger partial charge is 0.258 e. The summed E-state index contributed by atoms with van der Waals surface area (Å²) in [7, 11) is 0. The Balaban J connectivity index is 2.02. The topological polar surface area (TPSA) is 90.7 Å². The standard InChI is InChI=1S/C13H10BrN5O/c1-7-16-3-2-11(17-7)12-18-13(20-19-12)8-4-9(14)6-10(15)5-8/h2-6H,15H2,1H3. The van der Waals surface area contributed by atoms with Gasteiger partial charge in [-0.15, -0.1) is 0 Å². The first kappa shape index (κ1) is 12.7. The lowest BCUT2D eigenvalue weighted by molar-refractivity contribution is 0.432.